The van der Waals surface area contributed by atoms with E-state index in [-0.39, 0.29) is 5.91 Å². The molecule has 2 N–H and O–H groups in total. The lowest BCUT2D eigenvalue weighted by Gasteiger charge is -2.24. The number of halogens is 1. The van der Waals surface area contributed by atoms with E-state index in [0.29, 0.717) is 16.4 Å². The highest BCUT2D eigenvalue weighted by atomic mass is 35.5. The van der Waals surface area contributed by atoms with Crippen LogP contribution < -0.4 is 5.43 Å². The van der Waals surface area contributed by atoms with Gasteiger partial charge in [0.2, 0.25) is 0 Å². The number of rotatable bonds is 3. The number of hydrogen-bond donors (Lipinski definition) is 2. The van der Waals surface area contributed by atoms with Crippen molar-refractivity contribution >= 4 is 34.2 Å². The highest BCUT2D eigenvalue weighted by Crippen LogP contribution is 2.33. The monoisotopic (exact) mass is 400 g/mol. The van der Waals surface area contributed by atoms with Crippen LogP contribution in [0.4, 0.5) is 0 Å². The number of para-hydroxylation sites is 2. The van der Waals surface area contributed by atoms with E-state index < -0.39 is 6.04 Å². The number of imidazole rings is 1. The lowest BCUT2D eigenvalue weighted by atomic mass is 10.1. The van der Waals surface area contributed by atoms with E-state index in [1.807, 2.05) is 60.7 Å². The van der Waals surface area contributed by atoms with E-state index in [1.165, 1.54) is 0 Å². The van der Waals surface area contributed by atoms with Gasteiger partial charge in [0.25, 0.3) is 5.91 Å². The number of hydrogen-bond acceptors (Lipinski definition) is 3. The summed E-state index contributed by atoms with van der Waals surface area (Å²) in [5, 5.41) is 1.98. The molecular weight excluding hydrogens is 384 g/mol. The van der Waals surface area contributed by atoms with Crippen molar-refractivity contribution in [3.63, 3.8) is 0 Å². The Hall–Kier alpha value is -3.57. The Morgan fingerprint density at radius 1 is 0.931 bits per heavy atom. The van der Waals surface area contributed by atoms with E-state index in [2.05, 4.69) is 10.4 Å². The molecule has 1 aliphatic heterocycles. The third-order valence-electron chi connectivity index (χ3n) is 4.94. The normalized spacial score (nSPS) is 16.0. The Morgan fingerprint density at radius 2 is 1.66 bits per heavy atom. The van der Waals surface area contributed by atoms with Crippen LogP contribution in [0.5, 0.6) is 0 Å². The molecule has 0 saturated carbocycles. The van der Waals surface area contributed by atoms with Crippen LogP contribution in [0, 0.1) is 0 Å². The number of nitrogens with one attached hydrogen (secondary N) is 2. The number of fused-ring (bicyclic) bond motifs is 1. The number of hydrazine groups is 1. The highest BCUT2D eigenvalue weighted by molar-refractivity contribution is 6.33. The Morgan fingerprint density at radius 3 is 2.45 bits per heavy atom. The number of H-pyrrole nitrogens is 1. The van der Waals surface area contributed by atoms with Crippen molar-refractivity contribution in [3.8, 4) is 0 Å². The van der Waals surface area contributed by atoms with Crippen LogP contribution in [-0.2, 0) is 0 Å². The van der Waals surface area contributed by atoms with Gasteiger partial charge in [-0.25, -0.2) is 9.99 Å². The van der Waals surface area contributed by atoms with E-state index in [9.17, 15) is 4.79 Å². The van der Waals surface area contributed by atoms with E-state index in [0.717, 1.165) is 22.3 Å². The molecule has 3 aromatic carbocycles. The van der Waals surface area contributed by atoms with Gasteiger partial charge in [0, 0.05) is 0 Å². The van der Waals surface area contributed by atoms with Crippen molar-refractivity contribution in [3.05, 3.63) is 107 Å². The smallest absolute Gasteiger partial charge is 0.274 e. The second kappa shape index (κ2) is 7.11. The maximum Gasteiger partial charge on any atom is 0.274 e. The van der Waals surface area contributed by atoms with Gasteiger partial charge in [0.05, 0.1) is 27.3 Å². The van der Waals surface area contributed by atoms with Crippen LogP contribution in [-0.4, -0.2) is 20.9 Å². The minimum atomic E-state index is -0.402. The van der Waals surface area contributed by atoms with Crippen molar-refractivity contribution < 1.29 is 4.79 Å². The molecule has 0 fully saturated rings. The van der Waals surface area contributed by atoms with Crippen LogP contribution >= 0.6 is 11.6 Å². The molecule has 5 nitrogen and oxygen atoms in total. The molecule has 142 valence electrons. The summed E-state index contributed by atoms with van der Waals surface area (Å²) in [4.78, 5) is 21.4. The number of aromatic nitrogens is 2. The lowest BCUT2D eigenvalue weighted by molar-refractivity contribution is 0.0667. The first-order valence-corrected chi connectivity index (χ1v) is 9.65. The zero-order valence-electron chi connectivity index (χ0n) is 15.3. The molecule has 5 rings (SSSR count). The van der Waals surface area contributed by atoms with Gasteiger partial charge in [-0.2, -0.15) is 0 Å². The Labute approximate surface area is 172 Å². The van der Waals surface area contributed by atoms with Crippen molar-refractivity contribution in [2.24, 2.45) is 0 Å². The fourth-order valence-electron chi connectivity index (χ4n) is 3.50. The average molecular weight is 401 g/mol. The zero-order chi connectivity index (χ0) is 19.8. The van der Waals surface area contributed by atoms with Gasteiger partial charge in [-0.3, -0.25) is 10.2 Å². The minimum absolute atomic E-state index is 0.219. The van der Waals surface area contributed by atoms with Gasteiger partial charge >= 0.3 is 0 Å². The summed E-state index contributed by atoms with van der Waals surface area (Å²) < 4.78 is 0. The fourth-order valence-corrected chi connectivity index (χ4v) is 3.72. The largest absolute Gasteiger partial charge is 0.340 e. The van der Waals surface area contributed by atoms with Gasteiger partial charge in [-0.15, -0.1) is 0 Å². The molecule has 1 amide bonds. The predicted octanol–water partition coefficient (Wildman–Crippen LogP) is 4.96. The molecule has 1 aromatic heterocycles. The van der Waals surface area contributed by atoms with Gasteiger partial charge in [-0.1, -0.05) is 66.2 Å². The second-order valence-electron chi connectivity index (χ2n) is 6.80. The lowest BCUT2D eigenvalue weighted by Crippen LogP contribution is -2.40. The third kappa shape index (κ3) is 3.15. The molecule has 0 aliphatic carbocycles. The zero-order valence-corrected chi connectivity index (χ0v) is 16.1. The van der Waals surface area contributed by atoms with Crippen molar-refractivity contribution in [2.45, 2.75) is 6.04 Å². The van der Waals surface area contributed by atoms with Crippen LogP contribution in [0.2, 0.25) is 5.02 Å². The molecule has 1 aliphatic rings. The van der Waals surface area contributed by atoms with Crippen molar-refractivity contribution in [1.29, 1.82) is 0 Å². The standard InChI is InChI=1S/C23H17ClN4O/c24-17-11-5-4-10-16(17)23(29)28-21(14-20(27-28)15-8-2-1-3-9-15)22-25-18-12-6-7-13-19(18)26-22/h1-14,21,27H,(H,25,26). The van der Waals surface area contributed by atoms with Gasteiger partial charge in [0.15, 0.2) is 0 Å². The molecule has 0 bridgehead atoms. The summed E-state index contributed by atoms with van der Waals surface area (Å²) in [6.07, 6.45) is 2.00. The summed E-state index contributed by atoms with van der Waals surface area (Å²) in [5.74, 6) is 0.466. The molecule has 0 spiro atoms. The number of carbonyl (C=O) groups is 1. The number of nitrogens with zero attached hydrogens (tertiary/aromatic N) is 2. The quantitative estimate of drug-likeness (QED) is 0.511. The maximum atomic E-state index is 13.3. The first-order chi connectivity index (χ1) is 14.2. The van der Waals surface area contributed by atoms with Crippen LogP contribution in [0.1, 0.15) is 27.8 Å². The fraction of sp³-hybridized carbons (Fsp3) is 0.0435. The summed E-state index contributed by atoms with van der Waals surface area (Å²) >= 11 is 6.29. The summed E-state index contributed by atoms with van der Waals surface area (Å²) in [7, 11) is 0. The topological polar surface area (TPSA) is 61.0 Å². The molecule has 29 heavy (non-hydrogen) atoms. The number of carbonyl (C=O) groups excluding carboxylic acids is 1. The van der Waals surface area contributed by atoms with E-state index >= 15 is 0 Å². The molecule has 0 radical (unpaired) electrons. The van der Waals surface area contributed by atoms with Gasteiger partial charge < -0.3 is 4.98 Å². The van der Waals surface area contributed by atoms with Crippen molar-refractivity contribution in [2.75, 3.05) is 0 Å². The minimum Gasteiger partial charge on any atom is -0.340 e. The molecule has 1 unspecified atom stereocenters. The first-order valence-electron chi connectivity index (χ1n) is 9.27. The maximum absolute atomic E-state index is 13.3. The van der Waals surface area contributed by atoms with Gasteiger partial charge in [-0.05, 0) is 35.9 Å². The Bertz CT molecular complexity index is 1200. The molecular formula is C23H17ClN4O. The van der Waals surface area contributed by atoms with Crippen LogP contribution in [0.3, 0.4) is 0 Å². The summed E-state index contributed by atoms with van der Waals surface area (Å²) in [6.45, 7) is 0. The van der Waals surface area contributed by atoms with Crippen LogP contribution in [0.25, 0.3) is 16.7 Å². The predicted molar refractivity (Wildman–Crippen MR) is 114 cm³/mol. The highest BCUT2D eigenvalue weighted by Gasteiger charge is 2.34. The Balaban J connectivity index is 1.59. The molecule has 2 heterocycles. The molecule has 4 aromatic rings. The SMILES string of the molecule is O=C(c1ccccc1Cl)N1NC(c2ccccc2)=CC1c1nc2ccccc2[nH]1. The number of aromatic amines is 1. The molecule has 0 saturated heterocycles. The number of amides is 1. The first kappa shape index (κ1) is 17.5. The summed E-state index contributed by atoms with van der Waals surface area (Å²) in [5.41, 5.74) is 7.30. The third-order valence-corrected chi connectivity index (χ3v) is 5.27. The van der Waals surface area contributed by atoms with Gasteiger partial charge in [0.1, 0.15) is 11.9 Å². The molecule has 1 atom stereocenters. The number of benzene rings is 3. The average Bonchev–Trinajstić information content (AvgIpc) is 3.38. The van der Waals surface area contributed by atoms with Crippen LogP contribution in [0.15, 0.2) is 84.9 Å². The van der Waals surface area contributed by atoms with Crippen molar-refractivity contribution in [1.82, 2.24) is 20.4 Å². The van der Waals surface area contributed by atoms with E-state index in [1.54, 1.807) is 29.3 Å². The molecule has 6 heteroatoms. The summed E-state index contributed by atoms with van der Waals surface area (Å²) in [6, 6.07) is 24.3. The second-order valence-corrected chi connectivity index (χ2v) is 7.20. The Kier molecular flexibility index (Phi) is 4.30. The van der Waals surface area contributed by atoms with E-state index in [4.69, 9.17) is 16.6 Å².